The number of carbonyl (C=O) groups excluding carboxylic acids is 1. The van der Waals surface area contributed by atoms with Gasteiger partial charge >= 0.3 is 0 Å². The molecule has 17 heavy (non-hydrogen) atoms. The van der Waals surface area contributed by atoms with Crippen LogP contribution in [0.2, 0.25) is 0 Å². The molecule has 5 nitrogen and oxygen atoms in total. The molecule has 3 N–H and O–H groups in total. The number of nitrogens with two attached hydrogens (primary N) is 1. The van der Waals surface area contributed by atoms with Crippen LogP contribution in [0.1, 0.15) is 31.7 Å². The van der Waals surface area contributed by atoms with Crippen LogP contribution in [0.3, 0.4) is 0 Å². The van der Waals surface area contributed by atoms with Crippen LogP contribution in [0.25, 0.3) is 0 Å². The Morgan fingerprint density at radius 2 is 2.41 bits per heavy atom. The number of aromatic nitrogens is 2. The summed E-state index contributed by atoms with van der Waals surface area (Å²) in [6.07, 6.45) is 7.01. The molecule has 5 heteroatoms. The van der Waals surface area contributed by atoms with E-state index in [2.05, 4.69) is 10.4 Å². The fourth-order valence-corrected chi connectivity index (χ4v) is 1.57. The normalized spacial score (nSPS) is 12.4. The molecule has 0 fully saturated rings. The van der Waals surface area contributed by atoms with E-state index in [0.29, 0.717) is 13.0 Å². The van der Waals surface area contributed by atoms with Crippen molar-refractivity contribution in [1.82, 2.24) is 15.1 Å². The van der Waals surface area contributed by atoms with Gasteiger partial charge in [-0.05, 0) is 31.7 Å². The smallest absolute Gasteiger partial charge is 0.220 e. The standard InChI is InChI=1S/C12H22N4O/c1-10(13)5-6-12(17)14-7-3-4-11-8-15-16(2)9-11/h8-10H,3-7,13H2,1-2H3,(H,14,17). The Bertz CT molecular complexity index is 346. The zero-order valence-electron chi connectivity index (χ0n) is 10.6. The van der Waals surface area contributed by atoms with Crippen molar-refractivity contribution in [3.8, 4) is 0 Å². The average molecular weight is 238 g/mol. The Balaban J connectivity index is 2.06. The maximum Gasteiger partial charge on any atom is 0.220 e. The van der Waals surface area contributed by atoms with Crippen LogP contribution < -0.4 is 11.1 Å². The molecule has 0 bridgehead atoms. The average Bonchev–Trinajstić information content (AvgIpc) is 2.68. The number of aryl methyl sites for hydroxylation is 2. The fourth-order valence-electron chi connectivity index (χ4n) is 1.57. The third-order valence-corrected chi connectivity index (χ3v) is 2.55. The van der Waals surface area contributed by atoms with Crippen LogP contribution in [0.15, 0.2) is 12.4 Å². The first-order valence-corrected chi connectivity index (χ1v) is 6.07. The SMILES string of the molecule is CC(N)CCC(=O)NCCCc1cnn(C)c1. The highest BCUT2D eigenvalue weighted by Gasteiger charge is 2.03. The number of carbonyl (C=O) groups is 1. The zero-order valence-corrected chi connectivity index (χ0v) is 10.6. The first-order valence-electron chi connectivity index (χ1n) is 6.07. The predicted octanol–water partition coefficient (Wildman–Crippen LogP) is 0.596. The van der Waals surface area contributed by atoms with Crippen LogP contribution in [-0.4, -0.2) is 28.3 Å². The largest absolute Gasteiger partial charge is 0.356 e. The van der Waals surface area contributed by atoms with Crippen LogP contribution in [0.5, 0.6) is 0 Å². The maximum absolute atomic E-state index is 11.4. The third kappa shape index (κ3) is 6.06. The Morgan fingerprint density at radius 1 is 1.65 bits per heavy atom. The molecule has 1 atom stereocenters. The van der Waals surface area contributed by atoms with Gasteiger partial charge in [-0.25, -0.2) is 0 Å². The van der Waals surface area contributed by atoms with Crippen LogP contribution in [0.4, 0.5) is 0 Å². The van der Waals surface area contributed by atoms with Crippen LogP contribution >= 0.6 is 0 Å². The molecule has 1 unspecified atom stereocenters. The topological polar surface area (TPSA) is 72.9 Å². The van der Waals surface area contributed by atoms with Crippen molar-refractivity contribution in [2.75, 3.05) is 6.54 Å². The molecule has 0 radical (unpaired) electrons. The summed E-state index contributed by atoms with van der Waals surface area (Å²) in [5.74, 6) is 0.0912. The zero-order chi connectivity index (χ0) is 12.7. The quantitative estimate of drug-likeness (QED) is 0.683. The summed E-state index contributed by atoms with van der Waals surface area (Å²) < 4.78 is 1.79. The highest BCUT2D eigenvalue weighted by molar-refractivity contribution is 5.75. The number of hydrogen-bond acceptors (Lipinski definition) is 3. The van der Waals surface area contributed by atoms with E-state index in [-0.39, 0.29) is 11.9 Å². The van der Waals surface area contributed by atoms with Crippen LogP contribution in [0, 0.1) is 0 Å². The van der Waals surface area contributed by atoms with E-state index in [1.165, 1.54) is 5.56 Å². The second-order valence-electron chi connectivity index (χ2n) is 4.49. The number of nitrogens with zero attached hydrogens (tertiary/aromatic N) is 2. The second-order valence-corrected chi connectivity index (χ2v) is 4.49. The van der Waals surface area contributed by atoms with Crippen molar-refractivity contribution in [1.29, 1.82) is 0 Å². The van der Waals surface area contributed by atoms with Gasteiger partial charge in [-0.3, -0.25) is 9.48 Å². The lowest BCUT2D eigenvalue weighted by Gasteiger charge is -2.06. The van der Waals surface area contributed by atoms with Crippen molar-refractivity contribution in [2.45, 2.75) is 38.6 Å². The molecule has 1 aromatic rings. The molecular formula is C12H22N4O. The summed E-state index contributed by atoms with van der Waals surface area (Å²) in [5.41, 5.74) is 6.79. The van der Waals surface area contributed by atoms with E-state index in [1.54, 1.807) is 4.68 Å². The summed E-state index contributed by atoms with van der Waals surface area (Å²) >= 11 is 0. The van der Waals surface area contributed by atoms with Crippen LogP contribution in [-0.2, 0) is 18.3 Å². The maximum atomic E-state index is 11.4. The fraction of sp³-hybridized carbons (Fsp3) is 0.667. The monoisotopic (exact) mass is 238 g/mol. The van der Waals surface area contributed by atoms with E-state index in [9.17, 15) is 4.79 Å². The van der Waals surface area contributed by atoms with Crippen molar-refractivity contribution in [3.05, 3.63) is 18.0 Å². The van der Waals surface area contributed by atoms with Gasteiger partial charge in [0.05, 0.1) is 6.20 Å². The molecule has 0 aliphatic rings. The molecular weight excluding hydrogens is 216 g/mol. The second kappa shape index (κ2) is 7.06. The molecule has 0 aromatic carbocycles. The minimum Gasteiger partial charge on any atom is -0.356 e. The van der Waals surface area contributed by atoms with Gasteiger partial charge in [-0.15, -0.1) is 0 Å². The molecule has 0 aliphatic carbocycles. The van der Waals surface area contributed by atoms with Crippen molar-refractivity contribution in [3.63, 3.8) is 0 Å². The summed E-state index contributed by atoms with van der Waals surface area (Å²) in [7, 11) is 1.90. The van der Waals surface area contributed by atoms with Gasteiger partial charge in [0.25, 0.3) is 0 Å². The minimum absolute atomic E-state index is 0.0912. The molecule has 1 rings (SSSR count). The first-order chi connectivity index (χ1) is 8.08. The van der Waals surface area contributed by atoms with E-state index in [4.69, 9.17) is 5.73 Å². The first kappa shape index (κ1) is 13.7. The number of hydrogen-bond donors (Lipinski definition) is 2. The lowest BCUT2D eigenvalue weighted by atomic mass is 10.2. The molecule has 1 amide bonds. The van der Waals surface area contributed by atoms with Gasteiger partial charge < -0.3 is 11.1 Å². The van der Waals surface area contributed by atoms with Gasteiger partial charge in [0.2, 0.25) is 5.91 Å². The Hall–Kier alpha value is -1.36. The lowest BCUT2D eigenvalue weighted by molar-refractivity contribution is -0.121. The van der Waals surface area contributed by atoms with Gasteiger partial charge in [0, 0.05) is 32.3 Å². The molecule has 1 heterocycles. The number of amides is 1. The summed E-state index contributed by atoms with van der Waals surface area (Å²) in [5, 5.41) is 6.99. The molecule has 0 saturated carbocycles. The minimum atomic E-state index is 0.0912. The van der Waals surface area contributed by atoms with Crippen molar-refractivity contribution < 1.29 is 4.79 Å². The molecule has 0 spiro atoms. The Kier molecular flexibility index (Phi) is 5.69. The highest BCUT2D eigenvalue weighted by atomic mass is 16.1. The van der Waals surface area contributed by atoms with Gasteiger partial charge in [0.15, 0.2) is 0 Å². The lowest BCUT2D eigenvalue weighted by Crippen LogP contribution is -2.26. The number of nitrogens with one attached hydrogen (secondary N) is 1. The molecule has 1 aromatic heterocycles. The van der Waals surface area contributed by atoms with E-state index < -0.39 is 0 Å². The summed E-state index contributed by atoms with van der Waals surface area (Å²) in [4.78, 5) is 11.4. The highest BCUT2D eigenvalue weighted by Crippen LogP contribution is 2.00. The van der Waals surface area contributed by atoms with Crippen molar-refractivity contribution in [2.24, 2.45) is 12.8 Å². The molecule has 96 valence electrons. The van der Waals surface area contributed by atoms with Gasteiger partial charge in [-0.1, -0.05) is 0 Å². The van der Waals surface area contributed by atoms with Gasteiger partial charge in [0.1, 0.15) is 0 Å². The third-order valence-electron chi connectivity index (χ3n) is 2.55. The Morgan fingerprint density at radius 3 is 3.00 bits per heavy atom. The molecule has 0 saturated heterocycles. The Labute approximate surface area is 102 Å². The molecule has 0 aliphatic heterocycles. The van der Waals surface area contributed by atoms with Gasteiger partial charge in [-0.2, -0.15) is 5.10 Å². The van der Waals surface area contributed by atoms with E-state index in [0.717, 1.165) is 19.3 Å². The summed E-state index contributed by atoms with van der Waals surface area (Å²) in [6, 6.07) is 0.0937. The number of rotatable bonds is 7. The van der Waals surface area contributed by atoms with E-state index >= 15 is 0 Å². The van der Waals surface area contributed by atoms with E-state index in [1.807, 2.05) is 26.4 Å². The summed E-state index contributed by atoms with van der Waals surface area (Å²) in [6.45, 7) is 2.63. The predicted molar refractivity (Wildman–Crippen MR) is 67.4 cm³/mol. The van der Waals surface area contributed by atoms with Crippen molar-refractivity contribution >= 4 is 5.91 Å².